The van der Waals surface area contributed by atoms with Gasteiger partial charge in [-0.05, 0) is 31.9 Å². The van der Waals surface area contributed by atoms with Crippen molar-refractivity contribution in [3.8, 4) is 5.75 Å². The summed E-state index contributed by atoms with van der Waals surface area (Å²) >= 11 is 1.49. The highest BCUT2D eigenvalue weighted by molar-refractivity contribution is 7.21. The number of ether oxygens (including phenoxy) is 1. The molecule has 0 bridgehead atoms. The van der Waals surface area contributed by atoms with Crippen LogP contribution in [0.15, 0.2) is 24.3 Å². The highest BCUT2D eigenvalue weighted by Crippen LogP contribution is 2.37. The number of carboxylic acid groups (broad SMARTS) is 2. The van der Waals surface area contributed by atoms with Gasteiger partial charge < -0.3 is 20.3 Å². The van der Waals surface area contributed by atoms with Crippen molar-refractivity contribution in [2.24, 2.45) is 0 Å². The summed E-state index contributed by atoms with van der Waals surface area (Å²) in [4.78, 5) is 33.8. The van der Waals surface area contributed by atoms with Crippen molar-refractivity contribution in [1.29, 1.82) is 0 Å². The number of methoxy groups -OCH3 is 1. The average Bonchev–Trinajstić information content (AvgIpc) is 3.07. The lowest BCUT2D eigenvalue weighted by Gasteiger charge is -2.32. The Morgan fingerprint density at radius 3 is 2.29 bits per heavy atom. The van der Waals surface area contributed by atoms with Gasteiger partial charge in [0.15, 0.2) is 0 Å². The van der Waals surface area contributed by atoms with Gasteiger partial charge in [-0.3, -0.25) is 9.69 Å². The molecule has 1 aromatic heterocycles. The minimum Gasteiger partial charge on any atom is -0.494 e. The molecular weight excluding hydrogens is 384 g/mol. The fourth-order valence-electron chi connectivity index (χ4n) is 3.03. The lowest BCUT2D eigenvalue weighted by molar-refractivity contribution is -0.159. The van der Waals surface area contributed by atoms with E-state index in [2.05, 4.69) is 17.1 Å². The number of benzene rings is 1. The molecule has 8 nitrogen and oxygen atoms in total. The van der Waals surface area contributed by atoms with Gasteiger partial charge in [-0.2, -0.15) is 0 Å². The Morgan fingerprint density at radius 2 is 1.71 bits per heavy atom. The van der Waals surface area contributed by atoms with Crippen molar-refractivity contribution < 1.29 is 29.3 Å². The van der Waals surface area contributed by atoms with E-state index < -0.39 is 11.9 Å². The molecule has 0 radical (unpaired) electrons. The van der Waals surface area contributed by atoms with E-state index in [1.54, 1.807) is 7.11 Å². The fraction of sp³-hybridized carbons (Fsp3) is 0.421. The quantitative estimate of drug-likeness (QED) is 0.666. The van der Waals surface area contributed by atoms with E-state index in [9.17, 15) is 4.79 Å². The summed E-state index contributed by atoms with van der Waals surface area (Å²) in [5.74, 6) is -3.01. The molecule has 1 atom stereocenters. The number of piperidine rings is 1. The number of rotatable bonds is 4. The molecule has 3 rings (SSSR count). The Bertz CT molecular complexity index is 832. The van der Waals surface area contributed by atoms with E-state index in [-0.39, 0.29) is 12.1 Å². The maximum atomic E-state index is 12.6. The smallest absolute Gasteiger partial charge is 0.414 e. The Balaban J connectivity index is 0.000000409. The first-order valence-electron chi connectivity index (χ1n) is 8.91. The van der Waals surface area contributed by atoms with Crippen LogP contribution in [0.4, 0.5) is 0 Å². The van der Waals surface area contributed by atoms with Gasteiger partial charge in [0, 0.05) is 23.2 Å². The third kappa shape index (κ3) is 5.43. The second kappa shape index (κ2) is 10.0. The topological polar surface area (TPSA) is 116 Å². The second-order valence-corrected chi connectivity index (χ2v) is 7.37. The van der Waals surface area contributed by atoms with Crippen molar-refractivity contribution in [2.75, 3.05) is 20.2 Å². The fourth-order valence-corrected chi connectivity index (χ4v) is 4.10. The molecule has 1 saturated heterocycles. The third-order valence-corrected chi connectivity index (χ3v) is 5.57. The van der Waals surface area contributed by atoms with Gasteiger partial charge in [0.05, 0.1) is 13.3 Å². The zero-order valence-corrected chi connectivity index (χ0v) is 16.6. The summed E-state index contributed by atoms with van der Waals surface area (Å²) in [5, 5.41) is 18.9. The third-order valence-electron chi connectivity index (χ3n) is 4.42. The van der Waals surface area contributed by atoms with Crippen molar-refractivity contribution in [2.45, 2.75) is 32.4 Å². The van der Waals surface area contributed by atoms with Crippen LogP contribution < -0.4 is 10.1 Å². The molecule has 0 aliphatic carbocycles. The molecule has 1 aliphatic rings. The van der Waals surface area contributed by atoms with Crippen molar-refractivity contribution >= 4 is 39.3 Å². The van der Waals surface area contributed by atoms with Crippen LogP contribution in [0.5, 0.6) is 5.75 Å². The van der Waals surface area contributed by atoms with Crippen LogP contribution in [-0.4, -0.2) is 59.3 Å². The highest BCUT2D eigenvalue weighted by atomic mass is 32.1. The van der Waals surface area contributed by atoms with Crippen LogP contribution in [0.1, 0.15) is 35.9 Å². The number of nitrogens with one attached hydrogen (secondary N) is 1. The molecule has 1 fully saturated rings. The number of amides is 1. The van der Waals surface area contributed by atoms with E-state index in [0.717, 1.165) is 23.2 Å². The largest absolute Gasteiger partial charge is 0.494 e. The van der Waals surface area contributed by atoms with Gasteiger partial charge in [0.25, 0.3) is 5.91 Å². The number of fused-ring (bicyclic) bond motifs is 1. The summed E-state index contributed by atoms with van der Waals surface area (Å²) < 4.78 is 6.56. The predicted octanol–water partition coefficient (Wildman–Crippen LogP) is 2.63. The van der Waals surface area contributed by atoms with Crippen LogP contribution in [0.3, 0.4) is 0 Å². The predicted molar refractivity (Wildman–Crippen MR) is 106 cm³/mol. The Morgan fingerprint density at radius 1 is 1.11 bits per heavy atom. The van der Waals surface area contributed by atoms with Gasteiger partial charge in [-0.1, -0.05) is 18.6 Å². The standard InChI is InChI=1S/C17H22N2O2S.C2H2O4/c1-12(19-10-6-3-7-11-19)18-17(20)16-15(21-2)13-8-4-5-9-14(13)22-16;3-1(4)2(5)6/h4-5,8-9,12H,3,6-7,10-11H2,1-2H3,(H,18,20);(H,3,4)(H,5,6). The first-order valence-corrected chi connectivity index (χ1v) is 9.73. The minimum absolute atomic E-state index is 0.0453. The molecule has 152 valence electrons. The highest BCUT2D eigenvalue weighted by Gasteiger charge is 2.23. The number of hydrogen-bond donors (Lipinski definition) is 3. The SMILES string of the molecule is COc1c(C(=O)NC(C)N2CCCCC2)sc2ccccc12.O=C(O)C(=O)O. The number of aliphatic carboxylic acids is 2. The van der Waals surface area contributed by atoms with Gasteiger partial charge in [0.1, 0.15) is 10.6 Å². The molecule has 3 N–H and O–H groups in total. The first-order chi connectivity index (χ1) is 13.3. The Labute approximate surface area is 166 Å². The van der Waals surface area contributed by atoms with Crippen LogP contribution >= 0.6 is 11.3 Å². The first kappa shape index (κ1) is 21.6. The lowest BCUT2D eigenvalue weighted by Crippen LogP contribution is -2.48. The van der Waals surface area contributed by atoms with Gasteiger partial charge >= 0.3 is 11.9 Å². The number of thiophene rings is 1. The number of carbonyl (C=O) groups excluding carboxylic acids is 1. The summed E-state index contributed by atoms with van der Waals surface area (Å²) in [5.41, 5.74) is 0. The molecular formula is C19H24N2O6S. The van der Waals surface area contributed by atoms with Crippen molar-refractivity contribution in [1.82, 2.24) is 10.2 Å². The van der Waals surface area contributed by atoms with Crippen molar-refractivity contribution in [3.05, 3.63) is 29.1 Å². The number of hydrogen-bond acceptors (Lipinski definition) is 6. The second-order valence-electron chi connectivity index (χ2n) is 6.32. The lowest BCUT2D eigenvalue weighted by atomic mass is 10.1. The van der Waals surface area contributed by atoms with Gasteiger partial charge in [0.2, 0.25) is 0 Å². The van der Waals surface area contributed by atoms with Crippen LogP contribution in [0, 0.1) is 0 Å². The number of carboxylic acids is 2. The summed E-state index contributed by atoms with van der Waals surface area (Å²) in [6, 6.07) is 7.97. The van der Waals surface area contributed by atoms with Gasteiger partial charge in [-0.25, -0.2) is 9.59 Å². The van der Waals surface area contributed by atoms with E-state index >= 15 is 0 Å². The van der Waals surface area contributed by atoms with Crippen LogP contribution in [-0.2, 0) is 9.59 Å². The molecule has 2 aromatic rings. The normalized spacial score (nSPS) is 15.2. The molecule has 1 aromatic carbocycles. The van der Waals surface area contributed by atoms with E-state index in [4.69, 9.17) is 24.5 Å². The summed E-state index contributed by atoms with van der Waals surface area (Å²) in [7, 11) is 1.62. The molecule has 0 spiro atoms. The number of likely N-dealkylation sites (tertiary alicyclic amines) is 1. The Hall–Kier alpha value is -2.65. The molecule has 1 amide bonds. The minimum atomic E-state index is -1.82. The Kier molecular flexibility index (Phi) is 7.77. The van der Waals surface area contributed by atoms with E-state index in [0.29, 0.717) is 10.6 Å². The maximum Gasteiger partial charge on any atom is 0.414 e. The van der Waals surface area contributed by atoms with Gasteiger partial charge in [-0.15, -0.1) is 11.3 Å². The zero-order chi connectivity index (χ0) is 20.7. The van der Waals surface area contributed by atoms with Crippen LogP contribution in [0.25, 0.3) is 10.1 Å². The van der Waals surface area contributed by atoms with Crippen LogP contribution in [0.2, 0.25) is 0 Å². The molecule has 1 unspecified atom stereocenters. The molecule has 1 aliphatic heterocycles. The van der Waals surface area contributed by atoms with E-state index in [1.807, 2.05) is 24.3 Å². The van der Waals surface area contributed by atoms with Crippen molar-refractivity contribution in [3.63, 3.8) is 0 Å². The number of nitrogens with zero attached hydrogens (tertiary/aromatic N) is 1. The number of carbonyl (C=O) groups is 3. The monoisotopic (exact) mass is 408 g/mol. The maximum absolute atomic E-state index is 12.6. The zero-order valence-electron chi connectivity index (χ0n) is 15.8. The summed E-state index contributed by atoms with van der Waals surface area (Å²) in [6.45, 7) is 4.18. The van der Waals surface area contributed by atoms with E-state index in [1.165, 1.54) is 30.6 Å². The molecule has 2 heterocycles. The molecule has 9 heteroatoms. The summed E-state index contributed by atoms with van der Waals surface area (Å²) in [6.07, 6.45) is 3.78. The average molecular weight is 408 g/mol. The molecule has 28 heavy (non-hydrogen) atoms. The molecule has 0 saturated carbocycles.